The van der Waals surface area contributed by atoms with Gasteiger partial charge in [-0.2, -0.15) is 0 Å². The Labute approximate surface area is 132 Å². The molecule has 1 heterocycles. The molecule has 5 nitrogen and oxygen atoms in total. The van der Waals surface area contributed by atoms with Gasteiger partial charge in [0.15, 0.2) is 0 Å². The van der Waals surface area contributed by atoms with E-state index in [0.29, 0.717) is 16.8 Å². The van der Waals surface area contributed by atoms with E-state index in [1.165, 1.54) is 7.11 Å². The number of benzene rings is 2. The number of fused-ring (bicyclic) bond motifs is 1. The Balaban J connectivity index is 1.78. The molecule has 114 valence electrons. The van der Waals surface area contributed by atoms with Crippen molar-refractivity contribution >= 4 is 28.5 Å². The Morgan fingerprint density at radius 2 is 1.74 bits per heavy atom. The van der Waals surface area contributed by atoms with E-state index in [2.05, 4.69) is 15.0 Å². The van der Waals surface area contributed by atoms with Crippen molar-refractivity contribution in [2.24, 2.45) is 0 Å². The summed E-state index contributed by atoms with van der Waals surface area (Å²) in [5.41, 5.74) is 2.42. The van der Waals surface area contributed by atoms with Crippen LogP contribution in [0.4, 0.5) is 5.69 Å². The van der Waals surface area contributed by atoms with E-state index in [9.17, 15) is 9.59 Å². The lowest BCUT2D eigenvalue weighted by atomic mass is 10.1. The summed E-state index contributed by atoms with van der Waals surface area (Å²) in [5, 5.41) is 3.70. The first-order valence-electron chi connectivity index (χ1n) is 7.02. The van der Waals surface area contributed by atoms with Crippen LogP contribution in [0.5, 0.6) is 0 Å². The van der Waals surface area contributed by atoms with Crippen LogP contribution in [0.2, 0.25) is 0 Å². The molecule has 0 saturated carbocycles. The van der Waals surface area contributed by atoms with Gasteiger partial charge in [-0.25, -0.2) is 4.79 Å². The van der Waals surface area contributed by atoms with Crippen molar-refractivity contribution in [1.29, 1.82) is 0 Å². The summed E-state index contributed by atoms with van der Waals surface area (Å²) in [6.07, 6.45) is 1.71. The van der Waals surface area contributed by atoms with Crippen LogP contribution in [0.3, 0.4) is 0 Å². The summed E-state index contributed by atoms with van der Waals surface area (Å²) >= 11 is 0. The van der Waals surface area contributed by atoms with Crippen LogP contribution >= 0.6 is 0 Å². The SMILES string of the molecule is COC(=O)c1ccc(NC(=O)c2ccc3ncccc3c2)cc1. The van der Waals surface area contributed by atoms with E-state index < -0.39 is 5.97 Å². The van der Waals surface area contributed by atoms with Gasteiger partial charge in [0.2, 0.25) is 0 Å². The summed E-state index contributed by atoms with van der Waals surface area (Å²) < 4.78 is 4.64. The number of carbonyl (C=O) groups excluding carboxylic acids is 2. The molecule has 0 aliphatic rings. The summed E-state index contributed by atoms with van der Waals surface area (Å²) in [4.78, 5) is 27.9. The lowest BCUT2D eigenvalue weighted by Crippen LogP contribution is -2.12. The predicted octanol–water partition coefficient (Wildman–Crippen LogP) is 3.27. The largest absolute Gasteiger partial charge is 0.465 e. The summed E-state index contributed by atoms with van der Waals surface area (Å²) in [5.74, 6) is -0.633. The van der Waals surface area contributed by atoms with Crippen LogP contribution in [0.25, 0.3) is 10.9 Å². The van der Waals surface area contributed by atoms with Gasteiger partial charge in [-0.05, 0) is 48.5 Å². The van der Waals surface area contributed by atoms with E-state index >= 15 is 0 Å². The zero-order chi connectivity index (χ0) is 16.2. The van der Waals surface area contributed by atoms with Crippen molar-refractivity contribution in [2.75, 3.05) is 12.4 Å². The third kappa shape index (κ3) is 3.18. The van der Waals surface area contributed by atoms with Crippen molar-refractivity contribution in [3.05, 3.63) is 71.9 Å². The number of nitrogens with zero attached hydrogens (tertiary/aromatic N) is 1. The maximum absolute atomic E-state index is 12.3. The van der Waals surface area contributed by atoms with E-state index in [4.69, 9.17) is 0 Å². The minimum atomic E-state index is -0.412. The molecule has 5 heteroatoms. The van der Waals surface area contributed by atoms with E-state index in [-0.39, 0.29) is 5.91 Å². The van der Waals surface area contributed by atoms with Gasteiger partial charge in [-0.3, -0.25) is 9.78 Å². The molecule has 0 fully saturated rings. The highest BCUT2D eigenvalue weighted by atomic mass is 16.5. The first-order chi connectivity index (χ1) is 11.2. The number of nitrogens with one attached hydrogen (secondary N) is 1. The number of anilines is 1. The Hall–Kier alpha value is -3.21. The Morgan fingerprint density at radius 3 is 2.48 bits per heavy atom. The van der Waals surface area contributed by atoms with Crippen molar-refractivity contribution in [3.63, 3.8) is 0 Å². The average molecular weight is 306 g/mol. The highest BCUT2D eigenvalue weighted by Gasteiger charge is 2.09. The first-order valence-corrected chi connectivity index (χ1v) is 7.02. The topological polar surface area (TPSA) is 68.3 Å². The van der Waals surface area contributed by atoms with E-state index in [1.54, 1.807) is 42.6 Å². The van der Waals surface area contributed by atoms with Crippen molar-refractivity contribution in [3.8, 4) is 0 Å². The van der Waals surface area contributed by atoms with Gasteiger partial charge in [0.25, 0.3) is 5.91 Å². The molecule has 0 spiro atoms. The predicted molar refractivity (Wildman–Crippen MR) is 87.5 cm³/mol. The summed E-state index contributed by atoms with van der Waals surface area (Å²) in [6.45, 7) is 0. The van der Waals surface area contributed by atoms with Gasteiger partial charge < -0.3 is 10.1 Å². The van der Waals surface area contributed by atoms with Gasteiger partial charge >= 0.3 is 5.97 Å². The lowest BCUT2D eigenvalue weighted by Gasteiger charge is -2.07. The fourth-order valence-electron chi connectivity index (χ4n) is 2.23. The maximum atomic E-state index is 12.3. The zero-order valence-corrected chi connectivity index (χ0v) is 12.4. The van der Waals surface area contributed by atoms with Gasteiger partial charge in [0.1, 0.15) is 0 Å². The van der Waals surface area contributed by atoms with Gasteiger partial charge in [0.05, 0.1) is 18.2 Å². The molecule has 3 rings (SSSR count). The lowest BCUT2D eigenvalue weighted by molar-refractivity contribution is 0.0600. The molecule has 1 N–H and O–H groups in total. The number of hydrogen-bond donors (Lipinski definition) is 1. The maximum Gasteiger partial charge on any atom is 0.337 e. The molecule has 2 aromatic carbocycles. The minimum Gasteiger partial charge on any atom is -0.465 e. The van der Waals surface area contributed by atoms with Crippen LogP contribution in [-0.2, 0) is 4.74 Å². The summed E-state index contributed by atoms with van der Waals surface area (Å²) in [6, 6.07) is 15.6. The molecule has 23 heavy (non-hydrogen) atoms. The minimum absolute atomic E-state index is 0.221. The van der Waals surface area contributed by atoms with Crippen LogP contribution in [-0.4, -0.2) is 24.0 Å². The molecule has 0 saturated heterocycles. The monoisotopic (exact) mass is 306 g/mol. The fourth-order valence-corrected chi connectivity index (χ4v) is 2.23. The number of methoxy groups -OCH3 is 1. The highest BCUT2D eigenvalue weighted by Crippen LogP contribution is 2.16. The van der Waals surface area contributed by atoms with Crippen LogP contribution < -0.4 is 5.32 Å². The zero-order valence-electron chi connectivity index (χ0n) is 12.4. The summed E-state index contributed by atoms with van der Waals surface area (Å²) in [7, 11) is 1.33. The molecule has 0 bridgehead atoms. The van der Waals surface area contributed by atoms with E-state index in [0.717, 1.165) is 10.9 Å². The second-order valence-electron chi connectivity index (χ2n) is 4.93. The van der Waals surface area contributed by atoms with Crippen LogP contribution in [0.1, 0.15) is 20.7 Å². The quantitative estimate of drug-likeness (QED) is 0.754. The van der Waals surface area contributed by atoms with Crippen molar-refractivity contribution < 1.29 is 14.3 Å². The number of pyridine rings is 1. The molecule has 3 aromatic rings. The molecule has 0 atom stereocenters. The molecule has 0 aliphatic heterocycles. The number of hydrogen-bond acceptors (Lipinski definition) is 4. The standard InChI is InChI=1S/C18H14N2O3/c1-23-18(22)12-4-7-15(8-5-12)20-17(21)14-6-9-16-13(11-14)3-2-10-19-16/h2-11H,1H3,(H,20,21). The molecular formula is C18H14N2O3. The number of esters is 1. The molecule has 1 amide bonds. The number of rotatable bonds is 3. The Bertz CT molecular complexity index is 873. The Kier molecular flexibility index (Phi) is 4.01. The molecular weight excluding hydrogens is 292 g/mol. The molecule has 1 aromatic heterocycles. The smallest absolute Gasteiger partial charge is 0.337 e. The first kappa shape index (κ1) is 14.7. The van der Waals surface area contributed by atoms with E-state index in [1.807, 2.05) is 18.2 Å². The normalized spacial score (nSPS) is 10.3. The van der Waals surface area contributed by atoms with Crippen LogP contribution in [0.15, 0.2) is 60.8 Å². The molecule has 0 aliphatic carbocycles. The number of ether oxygens (including phenoxy) is 1. The third-order valence-electron chi connectivity index (χ3n) is 3.43. The number of aromatic nitrogens is 1. The Morgan fingerprint density at radius 1 is 1.00 bits per heavy atom. The van der Waals surface area contributed by atoms with Crippen molar-refractivity contribution in [2.45, 2.75) is 0 Å². The highest BCUT2D eigenvalue weighted by molar-refractivity contribution is 6.06. The second kappa shape index (κ2) is 6.27. The van der Waals surface area contributed by atoms with Crippen LogP contribution in [0, 0.1) is 0 Å². The number of carbonyl (C=O) groups is 2. The second-order valence-corrected chi connectivity index (χ2v) is 4.93. The average Bonchev–Trinajstić information content (AvgIpc) is 2.61. The van der Waals surface area contributed by atoms with Gasteiger partial charge in [-0.15, -0.1) is 0 Å². The molecule has 0 unspecified atom stereocenters. The van der Waals surface area contributed by atoms with Gasteiger partial charge in [0, 0.05) is 22.8 Å². The number of amides is 1. The van der Waals surface area contributed by atoms with Gasteiger partial charge in [-0.1, -0.05) is 6.07 Å². The third-order valence-corrected chi connectivity index (χ3v) is 3.43. The van der Waals surface area contributed by atoms with Crippen molar-refractivity contribution in [1.82, 2.24) is 4.98 Å². The fraction of sp³-hybridized carbons (Fsp3) is 0.0556. The molecule has 0 radical (unpaired) electrons.